The Hall–Kier alpha value is -4.20. The number of hydrogen-bond donors (Lipinski definition) is 1. The van der Waals surface area contributed by atoms with Crippen LogP contribution in [0.1, 0.15) is 42.5 Å². The first-order valence-electron chi connectivity index (χ1n) is 11.7. The third kappa shape index (κ3) is 5.07. The van der Waals surface area contributed by atoms with Gasteiger partial charge in [0.15, 0.2) is 11.6 Å². The Labute approximate surface area is 208 Å². The van der Waals surface area contributed by atoms with E-state index < -0.39 is 29.3 Å². The lowest BCUT2D eigenvalue weighted by Gasteiger charge is -2.25. The van der Waals surface area contributed by atoms with E-state index in [-0.39, 0.29) is 23.4 Å². The van der Waals surface area contributed by atoms with Gasteiger partial charge in [-0.2, -0.15) is 0 Å². The Kier molecular flexibility index (Phi) is 7.63. The van der Waals surface area contributed by atoms with Crippen LogP contribution in [0.5, 0.6) is 11.5 Å². The van der Waals surface area contributed by atoms with E-state index in [2.05, 4.69) is 11.9 Å². The molecule has 1 aromatic heterocycles. The first kappa shape index (κ1) is 24.9. The van der Waals surface area contributed by atoms with Crippen molar-refractivity contribution in [1.29, 1.82) is 0 Å². The van der Waals surface area contributed by atoms with Gasteiger partial charge in [0.25, 0.3) is 11.7 Å². The van der Waals surface area contributed by atoms with Gasteiger partial charge in [-0.1, -0.05) is 25.5 Å². The van der Waals surface area contributed by atoms with E-state index in [0.29, 0.717) is 17.9 Å². The van der Waals surface area contributed by atoms with E-state index in [9.17, 15) is 19.1 Å². The second-order valence-electron chi connectivity index (χ2n) is 8.40. The molecule has 4 rings (SSSR count). The molecule has 1 aliphatic heterocycles. The van der Waals surface area contributed by atoms with Gasteiger partial charge < -0.3 is 19.5 Å². The number of likely N-dealkylation sites (tertiary alicyclic amines) is 1. The molecule has 7 nitrogen and oxygen atoms in total. The monoisotopic (exact) mass is 490 g/mol. The predicted molar refractivity (Wildman–Crippen MR) is 132 cm³/mol. The maximum atomic E-state index is 14.4. The molecule has 1 amide bonds. The highest BCUT2D eigenvalue weighted by molar-refractivity contribution is 6.46. The van der Waals surface area contributed by atoms with Crippen molar-refractivity contribution in [2.24, 2.45) is 0 Å². The van der Waals surface area contributed by atoms with E-state index in [4.69, 9.17) is 9.47 Å². The number of rotatable bonds is 9. The molecule has 1 fully saturated rings. The number of carbonyl (C=O) groups excluding carboxylic acids is 2. The molecule has 3 aromatic rings. The van der Waals surface area contributed by atoms with Crippen LogP contribution in [-0.4, -0.2) is 40.4 Å². The number of aliphatic hydroxyl groups excluding tert-OH is 1. The van der Waals surface area contributed by atoms with Crippen LogP contribution in [0.2, 0.25) is 0 Å². The van der Waals surface area contributed by atoms with Crippen molar-refractivity contribution < 1.29 is 28.6 Å². The first-order chi connectivity index (χ1) is 17.4. The number of Topliss-reactive ketones (excluding diaryl/α,β-unsaturated/α-hetero) is 1. The van der Waals surface area contributed by atoms with Gasteiger partial charge in [0.1, 0.15) is 11.5 Å². The summed E-state index contributed by atoms with van der Waals surface area (Å²) >= 11 is 0. The number of carbonyl (C=O) groups is 2. The molecule has 1 N–H and O–H groups in total. The number of nitrogens with zero attached hydrogens (tertiary/aromatic N) is 2. The summed E-state index contributed by atoms with van der Waals surface area (Å²) in [6, 6.07) is 13.6. The van der Waals surface area contributed by atoms with E-state index >= 15 is 0 Å². The summed E-state index contributed by atoms with van der Waals surface area (Å²) in [6.45, 7) is 2.78. The highest BCUT2D eigenvalue weighted by Crippen LogP contribution is 2.41. The number of amides is 1. The highest BCUT2D eigenvalue weighted by Gasteiger charge is 2.46. The minimum atomic E-state index is -0.881. The van der Waals surface area contributed by atoms with E-state index in [1.165, 1.54) is 24.1 Å². The van der Waals surface area contributed by atoms with E-state index in [0.717, 1.165) is 24.5 Å². The number of aromatic nitrogens is 1. The van der Waals surface area contributed by atoms with Gasteiger partial charge in [0.2, 0.25) is 0 Å². The molecule has 1 saturated heterocycles. The zero-order valence-corrected chi connectivity index (χ0v) is 20.1. The van der Waals surface area contributed by atoms with Crippen molar-refractivity contribution in [3.63, 3.8) is 0 Å². The first-order valence-corrected chi connectivity index (χ1v) is 11.7. The fourth-order valence-corrected chi connectivity index (χ4v) is 4.12. The van der Waals surface area contributed by atoms with Gasteiger partial charge in [-0.15, -0.1) is 0 Å². The van der Waals surface area contributed by atoms with Crippen LogP contribution >= 0.6 is 0 Å². The van der Waals surface area contributed by atoms with Crippen molar-refractivity contribution in [2.45, 2.75) is 32.4 Å². The molecular formula is C28H27FN2O5. The summed E-state index contributed by atoms with van der Waals surface area (Å²) in [5, 5.41) is 11.1. The summed E-state index contributed by atoms with van der Waals surface area (Å²) in [6.07, 6.45) is 5.13. The molecule has 186 valence electrons. The molecule has 0 bridgehead atoms. The van der Waals surface area contributed by atoms with Crippen LogP contribution < -0.4 is 9.47 Å². The fraction of sp³-hybridized carbons (Fsp3) is 0.250. The number of unbranched alkanes of at least 4 members (excludes halogenated alkanes) is 1. The molecule has 2 aromatic carbocycles. The zero-order chi connectivity index (χ0) is 25.7. The standard InChI is InChI=1S/C28H27FN2O5/c1-3-4-15-36-21-8-5-19(6-9-21)25-24(26(32)20-7-10-23(35-2)22(29)16-20)27(33)28(34)31(25)17-18-11-13-30-14-12-18/h5-14,16,25,32H,3-4,15,17H2,1-2H3. The molecule has 0 spiro atoms. The molecular weight excluding hydrogens is 463 g/mol. The van der Waals surface area contributed by atoms with Crippen molar-refractivity contribution in [3.05, 3.63) is 95.1 Å². The summed E-state index contributed by atoms with van der Waals surface area (Å²) in [5.41, 5.74) is 1.34. The smallest absolute Gasteiger partial charge is 0.295 e. The van der Waals surface area contributed by atoms with E-state index in [1.807, 2.05) is 0 Å². The average molecular weight is 491 g/mol. The largest absolute Gasteiger partial charge is 0.507 e. The van der Waals surface area contributed by atoms with Crippen molar-refractivity contribution in [1.82, 2.24) is 9.88 Å². The molecule has 0 radical (unpaired) electrons. The minimum absolute atomic E-state index is 0.0000924. The topological polar surface area (TPSA) is 89.0 Å². The molecule has 36 heavy (non-hydrogen) atoms. The maximum absolute atomic E-state index is 14.4. The third-order valence-corrected chi connectivity index (χ3v) is 6.03. The van der Waals surface area contributed by atoms with Gasteiger partial charge in [0.05, 0.1) is 25.3 Å². The van der Waals surface area contributed by atoms with Gasteiger partial charge in [0, 0.05) is 24.5 Å². The molecule has 1 atom stereocenters. The van der Waals surface area contributed by atoms with Crippen LogP contribution in [0.3, 0.4) is 0 Å². The Morgan fingerprint density at radius 2 is 1.81 bits per heavy atom. The predicted octanol–water partition coefficient (Wildman–Crippen LogP) is 5.03. The minimum Gasteiger partial charge on any atom is -0.507 e. The summed E-state index contributed by atoms with van der Waals surface area (Å²) in [7, 11) is 1.33. The van der Waals surface area contributed by atoms with Gasteiger partial charge in [-0.05, 0) is 60.0 Å². The molecule has 0 saturated carbocycles. The second-order valence-corrected chi connectivity index (χ2v) is 8.40. The lowest BCUT2D eigenvalue weighted by atomic mass is 9.95. The van der Waals surface area contributed by atoms with Crippen LogP contribution in [0, 0.1) is 5.82 Å². The molecule has 1 unspecified atom stereocenters. The van der Waals surface area contributed by atoms with Crippen LogP contribution in [0.4, 0.5) is 4.39 Å². The quantitative estimate of drug-likeness (QED) is 0.196. The van der Waals surface area contributed by atoms with Gasteiger partial charge >= 0.3 is 0 Å². The maximum Gasteiger partial charge on any atom is 0.295 e. The second kappa shape index (κ2) is 11.0. The molecule has 0 aliphatic carbocycles. The Morgan fingerprint density at radius 1 is 1.08 bits per heavy atom. The summed E-state index contributed by atoms with van der Waals surface area (Å²) in [4.78, 5) is 31.7. The van der Waals surface area contributed by atoms with Crippen molar-refractivity contribution in [2.75, 3.05) is 13.7 Å². The zero-order valence-electron chi connectivity index (χ0n) is 20.1. The SMILES string of the molecule is CCCCOc1ccc(C2C(=C(O)c3ccc(OC)c(F)c3)C(=O)C(=O)N2Cc2ccncc2)cc1. The number of benzene rings is 2. The van der Waals surface area contributed by atoms with Crippen LogP contribution in [-0.2, 0) is 16.1 Å². The fourth-order valence-electron chi connectivity index (χ4n) is 4.12. The average Bonchev–Trinajstić information content (AvgIpc) is 3.14. The van der Waals surface area contributed by atoms with Gasteiger partial charge in [-0.25, -0.2) is 4.39 Å². The van der Waals surface area contributed by atoms with Crippen LogP contribution in [0.25, 0.3) is 5.76 Å². The third-order valence-electron chi connectivity index (χ3n) is 6.03. The van der Waals surface area contributed by atoms with Crippen molar-refractivity contribution >= 4 is 17.4 Å². The number of pyridine rings is 1. The number of aliphatic hydroxyl groups is 1. The lowest BCUT2D eigenvalue weighted by Crippen LogP contribution is -2.29. The number of hydrogen-bond acceptors (Lipinski definition) is 6. The summed E-state index contributed by atoms with van der Waals surface area (Å²) in [5.74, 6) is -2.09. The lowest BCUT2D eigenvalue weighted by molar-refractivity contribution is -0.140. The Bertz CT molecular complexity index is 1270. The van der Waals surface area contributed by atoms with Crippen LogP contribution in [0.15, 0.2) is 72.6 Å². The van der Waals surface area contributed by atoms with Gasteiger partial charge in [-0.3, -0.25) is 14.6 Å². The molecule has 8 heteroatoms. The summed E-state index contributed by atoms with van der Waals surface area (Å²) < 4.78 is 25.1. The highest BCUT2D eigenvalue weighted by atomic mass is 19.1. The molecule has 1 aliphatic rings. The van der Waals surface area contributed by atoms with E-state index in [1.54, 1.807) is 48.8 Å². The Morgan fingerprint density at radius 3 is 2.44 bits per heavy atom. The van der Waals surface area contributed by atoms with Crippen molar-refractivity contribution in [3.8, 4) is 11.5 Å². The number of ketones is 1. The molecule has 2 heterocycles. The Balaban J connectivity index is 1.78. The normalized spacial score (nSPS) is 16.9. The number of methoxy groups -OCH3 is 1. The number of ether oxygens (including phenoxy) is 2. The number of halogens is 1.